The van der Waals surface area contributed by atoms with Crippen molar-refractivity contribution in [3.05, 3.63) is 29.8 Å². The van der Waals surface area contributed by atoms with E-state index in [2.05, 4.69) is 4.72 Å². The number of benzene rings is 1. The van der Waals surface area contributed by atoms with Crippen molar-refractivity contribution in [2.75, 3.05) is 0 Å². The van der Waals surface area contributed by atoms with Gasteiger partial charge in [0, 0.05) is 11.6 Å². The summed E-state index contributed by atoms with van der Waals surface area (Å²) in [5, 5.41) is 0. The standard InChI is InChI=1S/C13H17NO3S/c15-10-11-5-4-8-13(9-11)18(16,17)14-12-6-2-1-3-7-12/h4-5,8-10,12,14H,1-3,6-7H2. The molecule has 1 saturated carbocycles. The zero-order valence-electron chi connectivity index (χ0n) is 10.1. The van der Waals surface area contributed by atoms with Gasteiger partial charge < -0.3 is 0 Å². The predicted octanol–water partition coefficient (Wildman–Crippen LogP) is 2.11. The largest absolute Gasteiger partial charge is 0.298 e. The molecule has 0 amide bonds. The molecule has 0 atom stereocenters. The Balaban J connectivity index is 2.16. The van der Waals surface area contributed by atoms with Crippen molar-refractivity contribution in [1.29, 1.82) is 0 Å². The van der Waals surface area contributed by atoms with Crippen LogP contribution in [0.2, 0.25) is 0 Å². The topological polar surface area (TPSA) is 63.2 Å². The number of aldehydes is 1. The van der Waals surface area contributed by atoms with Crippen LogP contribution >= 0.6 is 0 Å². The second-order valence-electron chi connectivity index (χ2n) is 4.65. The Labute approximate surface area is 107 Å². The highest BCUT2D eigenvalue weighted by Gasteiger charge is 2.21. The van der Waals surface area contributed by atoms with Crippen LogP contribution in [0.4, 0.5) is 0 Å². The fourth-order valence-corrected chi connectivity index (χ4v) is 3.62. The Kier molecular flexibility index (Phi) is 4.14. The number of hydrogen-bond acceptors (Lipinski definition) is 3. The first-order valence-electron chi connectivity index (χ1n) is 6.19. The maximum Gasteiger partial charge on any atom is 0.240 e. The maximum absolute atomic E-state index is 12.1. The van der Waals surface area contributed by atoms with Crippen LogP contribution in [0.5, 0.6) is 0 Å². The Bertz CT molecular complexity index is 519. The Morgan fingerprint density at radius 3 is 2.56 bits per heavy atom. The highest BCUT2D eigenvalue weighted by molar-refractivity contribution is 7.89. The summed E-state index contributed by atoms with van der Waals surface area (Å²) in [6, 6.07) is 6.12. The molecule has 4 nitrogen and oxygen atoms in total. The SMILES string of the molecule is O=Cc1cccc(S(=O)(=O)NC2CCCCC2)c1. The van der Waals surface area contributed by atoms with Crippen molar-refractivity contribution in [2.24, 2.45) is 0 Å². The van der Waals surface area contributed by atoms with Crippen molar-refractivity contribution in [2.45, 2.75) is 43.0 Å². The van der Waals surface area contributed by atoms with Gasteiger partial charge in [-0.25, -0.2) is 13.1 Å². The molecule has 0 radical (unpaired) electrons. The first-order chi connectivity index (χ1) is 8.62. The van der Waals surface area contributed by atoms with E-state index in [1.807, 2.05) is 0 Å². The minimum Gasteiger partial charge on any atom is -0.298 e. The fraction of sp³-hybridized carbons (Fsp3) is 0.462. The first kappa shape index (κ1) is 13.2. The van der Waals surface area contributed by atoms with E-state index in [9.17, 15) is 13.2 Å². The molecule has 0 heterocycles. The minimum absolute atomic E-state index is 0.0311. The summed E-state index contributed by atoms with van der Waals surface area (Å²) in [5.74, 6) is 0. The van der Waals surface area contributed by atoms with E-state index in [1.165, 1.54) is 18.6 Å². The fourth-order valence-electron chi connectivity index (χ4n) is 2.26. The number of carbonyl (C=O) groups is 1. The van der Waals surface area contributed by atoms with E-state index in [1.54, 1.807) is 12.1 Å². The summed E-state index contributed by atoms with van der Waals surface area (Å²) in [5.41, 5.74) is 0.376. The number of hydrogen-bond donors (Lipinski definition) is 1. The van der Waals surface area contributed by atoms with Gasteiger partial charge in [0.15, 0.2) is 0 Å². The molecule has 1 aromatic carbocycles. The number of rotatable bonds is 4. The maximum atomic E-state index is 12.1. The van der Waals surface area contributed by atoms with Crippen LogP contribution in [-0.4, -0.2) is 20.7 Å². The van der Waals surface area contributed by atoms with Crippen LogP contribution in [0.15, 0.2) is 29.2 Å². The van der Waals surface area contributed by atoms with Gasteiger partial charge in [0.25, 0.3) is 0 Å². The molecule has 0 spiro atoms. The van der Waals surface area contributed by atoms with Crippen LogP contribution in [0.25, 0.3) is 0 Å². The zero-order valence-corrected chi connectivity index (χ0v) is 10.9. The molecular weight excluding hydrogens is 250 g/mol. The van der Waals surface area contributed by atoms with Gasteiger partial charge in [-0.15, -0.1) is 0 Å². The minimum atomic E-state index is -3.50. The molecule has 1 aliphatic carbocycles. The molecule has 0 aromatic heterocycles. The normalized spacial score (nSPS) is 17.6. The monoisotopic (exact) mass is 267 g/mol. The van der Waals surface area contributed by atoms with Crippen LogP contribution in [0.1, 0.15) is 42.5 Å². The lowest BCUT2D eigenvalue weighted by Crippen LogP contribution is -2.36. The molecule has 0 saturated heterocycles. The molecule has 0 unspecified atom stereocenters. The number of nitrogens with one attached hydrogen (secondary N) is 1. The third kappa shape index (κ3) is 3.17. The first-order valence-corrected chi connectivity index (χ1v) is 7.68. The van der Waals surface area contributed by atoms with Crippen LogP contribution in [0.3, 0.4) is 0 Å². The van der Waals surface area contributed by atoms with Gasteiger partial charge >= 0.3 is 0 Å². The van der Waals surface area contributed by atoms with E-state index in [0.29, 0.717) is 11.8 Å². The Morgan fingerprint density at radius 1 is 1.17 bits per heavy atom. The summed E-state index contributed by atoms with van der Waals surface area (Å²) in [6.45, 7) is 0. The summed E-state index contributed by atoms with van der Waals surface area (Å²) >= 11 is 0. The van der Waals surface area contributed by atoms with Gasteiger partial charge in [0.05, 0.1) is 4.90 Å². The molecule has 98 valence electrons. The summed E-state index contributed by atoms with van der Waals surface area (Å²) in [7, 11) is -3.50. The number of carbonyl (C=O) groups excluding carboxylic acids is 1. The molecule has 5 heteroatoms. The van der Waals surface area contributed by atoms with E-state index in [4.69, 9.17) is 0 Å². The summed E-state index contributed by atoms with van der Waals surface area (Å²) < 4.78 is 27.0. The van der Waals surface area contributed by atoms with E-state index in [-0.39, 0.29) is 10.9 Å². The van der Waals surface area contributed by atoms with E-state index in [0.717, 1.165) is 25.7 Å². The molecule has 1 aliphatic rings. The van der Waals surface area contributed by atoms with Crippen LogP contribution in [-0.2, 0) is 10.0 Å². The third-order valence-electron chi connectivity index (χ3n) is 3.23. The molecule has 1 N–H and O–H groups in total. The predicted molar refractivity (Wildman–Crippen MR) is 69.0 cm³/mol. The molecule has 0 bridgehead atoms. The molecule has 1 aromatic rings. The van der Waals surface area contributed by atoms with Gasteiger partial charge in [-0.3, -0.25) is 4.79 Å². The second kappa shape index (κ2) is 5.63. The molecule has 0 aliphatic heterocycles. The Hall–Kier alpha value is -1.20. The molecule has 2 rings (SSSR count). The average Bonchev–Trinajstić information content (AvgIpc) is 2.39. The van der Waals surface area contributed by atoms with E-state index < -0.39 is 10.0 Å². The quantitative estimate of drug-likeness (QED) is 0.850. The van der Waals surface area contributed by atoms with Gasteiger partial charge in [0.1, 0.15) is 6.29 Å². The number of sulfonamides is 1. The van der Waals surface area contributed by atoms with Crippen molar-refractivity contribution >= 4 is 16.3 Å². The van der Waals surface area contributed by atoms with Gasteiger partial charge in [-0.05, 0) is 25.0 Å². The summed E-state index contributed by atoms with van der Waals surface area (Å²) in [6.07, 6.45) is 5.76. The molecular formula is C13H17NO3S. The van der Waals surface area contributed by atoms with Gasteiger partial charge in [0.2, 0.25) is 10.0 Å². The highest BCUT2D eigenvalue weighted by Crippen LogP contribution is 2.20. The third-order valence-corrected chi connectivity index (χ3v) is 4.75. The van der Waals surface area contributed by atoms with Crippen molar-refractivity contribution in [3.8, 4) is 0 Å². The lowest BCUT2D eigenvalue weighted by atomic mass is 9.96. The van der Waals surface area contributed by atoms with Crippen molar-refractivity contribution in [1.82, 2.24) is 4.72 Å². The van der Waals surface area contributed by atoms with Crippen LogP contribution in [0, 0.1) is 0 Å². The van der Waals surface area contributed by atoms with Crippen molar-refractivity contribution in [3.63, 3.8) is 0 Å². The summed E-state index contributed by atoms with van der Waals surface area (Å²) in [4.78, 5) is 10.8. The highest BCUT2D eigenvalue weighted by atomic mass is 32.2. The smallest absolute Gasteiger partial charge is 0.240 e. The Morgan fingerprint density at radius 2 is 1.89 bits per heavy atom. The van der Waals surface area contributed by atoms with Gasteiger partial charge in [-0.1, -0.05) is 31.4 Å². The average molecular weight is 267 g/mol. The second-order valence-corrected chi connectivity index (χ2v) is 6.36. The molecule has 18 heavy (non-hydrogen) atoms. The van der Waals surface area contributed by atoms with Crippen molar-refractivity contribution < 1.29 is 13.2 Å². The van der Waals surface area contributed by atoms with Gasteiger partial charge in [-0.2, -0.15) is 0 Å². The van der Waals surface area contributed by atoms with Crippen LogP contribution < -0.4 is 4.72 Å². The zero-order chi connectivity index (χ0) is 13.0. The van der Waals surface area contributed by atoms with E-state index >= 15 is 0 Å². The lowest BCUT2D eigenvalue weighted by molar-refractivity contribution is 0.112. The molecule has 1 fully saturated rings. The lowest BCUT2D eigenvalue weighted by Gasteiger charge is -2.22.